The summed E-state index contributed by atoms with van der Waals surface area (Å²) in [4.78, 5) is 26.6. The highest BCUT2D eigenvalue weighted by atomic mass is 19.1. The van der Waals surface area contributed by atoms with Crippen molar-refractivity contribution in [3.63, 3.8) is 0 Å². The molecule has 2 fully saturated rings. The first kappa shape index (κ1) is 17.2. The molecule has 2 aliphatic rings. The van der Waals surface area contributed by atoms with Crippen LogP contribution in [0.4, 0.5) is 10.1 Å². The normalized spacial score (nSPS) is 18.5. The molecule has 144 valence electrons. The summed E-state index contributed by atoms with van der Waals surface area (Å²) in [5, 5.41) is 0. The van der Waals surface area contributed by atoms with Crippen LogP contribution >= 0.6 is 0 Å². The van der Waals surface area contributed by atoms with Crippen molar-refractivity contribution >= 4 is 22.6 Å². The lowest BCUT2D eigenvalue weighted by molar-refractivity contribution is 0.0247. The average Bonchev–Trinajstić information content (AvgIpc) is 3.16. The standard InChI is InChI=1S/C21H22FN5O/c22-16-2-4-17(5-3-16)25-7-9-26(10-8-25)18-12-27(13-18)21(28)15-1-6-19-20(11-15)24-14-23-19/h1-6,11,14,18H,7-10,12-13H2,(H,23,24). The lowest BCUT2D eigenvalue weighted by atomic mass is 10.0. The number of benzene rings is 2. The summed E-state index contributed by atoms with van der Waals surface area (Å²) in [5.74, 6) is -0.119. The summed E-state index contributed by atoms with van der Waals surface area (Å²) in [6.07, 6.45) is 1.64. The van der Waals surface area contributed by atoms with Crippen LogP contribution in [-0.4, -0.2) is 71.0 Å². The highest BCUT2D eigenvalue weighted by molar-refractivity contribution is 5.97. The third-order valence-corrected chi connectivity index (χ3v) is 5.84. The number of carbonyl (C=O) groups excluding carboxylic acids is 1. The molecule has 0 saturated carbocycles. The predicted octanol–water partition coefficient (Wildman–Crippen LogP) is 2.35. The Kier molecular flexibility index (Phi) is 4.24. The second-order valence-corrected chi connectivity index (χ2v) is 7.50. The molecule has 1 N–H and O–H groups in total. The number of nitrogens with one attached hydrogen (secondary N) is 1. The van der Waals surface area contributed by atoms with Gasteiger partial charge in [-0.1, -0.05) is 0 Å². The molecule has 2 aromatic carbocycles. The summed E-state index contributed by atoms with van der Waals surface area (Å²) in [6, 6.07) is 12.7. The number of piperazine rings is 1. The van der Waals surface area contributed by atoms with Crippen molar-refractivity contribution in [2.24, 2.45) is 0 Å². The number of halogens is 1. The average molecular weight is 379 g/mol. The van der Waals surface area contributed by atoms with Crippen molar-refractivity contribution in [3.8, 4) is 0 Å². The van der Waals surface area contributed by atoms with Gasteiger partial charge in [0.1, 0.15) is 5.82 Å². The molecular formula is C21H22FN5O. The monoisotopic (exact) mass is 379 g/mol. The van der Waals surface area contributed by atoms with Crippen molar-refractivity contribution in [3.05, 3.63) is 60.2 Å². The number of H-pyrrole nitrogens is 1. The zero-order valence-corrected chi connectivity index (χ0v) is 15.5. The van der Waals surface area contributed by atoms with Crippen molar-refractivity contribution in [2.45, 2.75) is 6.04 Å². The number of rotatable bonds is 3. The smallest absolute Gasteiger partial charge is 0.254 e. The molecule has 0 radical (unpaired) electrons. The van der Waals surface area contributed by atoms with Crippen molar-refractivity contribution in [2.75, 3.05) is 44.2 Å². The van der Waals surface area contributed by atoms with E-state index in [0.29, 0.717) is 11.6 Å². The first-order valence-electron chi connectivity index (χ1n) is 9.64. The fourth-order valence-electron chi connectivity index (χ4n) is 4.10. The Labute approximate surface area is 162 Å². The minimum atomic E-state index is -0.201. The second-order valence-electron chi connectivity index (χ2n) is 7.50. The van der Waals surface area contributed by atoms with Gasteiger partial charge in [0, 0.05) is 56.6 Å². The molecule has 6 nitrogen and oxygen atoms in total. The largest absolute Gasteiger partial charge is 0.369 e. The van der Waals surface area contributed by atoms with E-state index in [4.69, 9.17) is 0 Å². The van der Waals surface area contributed by atoms with Gasteiger partial charge in [0.05, 0.1) is 17.4 Å². The zero-order valence-electron chi connectivity index (χ0n) is 15.5. The number of fused-ring (bicyclic) bond motifs is 1. The second kappa shape index (κ2) is 6.91. The van der Waals surface area contributed by atoms with Gasteiger partial charge in [-0.05, 0) is 42.5 Å². The number of hydrogen-bond donors (Lipinski definition) is 1. The topological polar surface area (TPSA) is 55.5 Å². The van der Waals surface area contributed by atoms with Crippen molar-refractivity contribution < 1.29 is 9.18 Å². The molecule has 7 heteroatoms. The number of aromatic amines is 1. The zero-order chi connectivity index (χ0) is 19.1. The Morgan fingerprint density at radius 2 is 1.79 bits per heavy atom. The molecule has 3 aromatic rings. The van der Waals surface area contributed by atoms with E-state index in [0.717, 1.165) is 56.0 Å². The summed E-state index contributed by atoms with van der Waals surface area (Å²) in [5.41, 5.74) is 3.54. The molecule has 5 rings (SSSR count). The highest BCUT2D eigenvalue weighted by Gasteiger charge is 2.36. The number of anilines is 1. The summed E-state index contributed by atoms with van der Waals surface area (Å²) >= 11 is 0. The number of likely N-dealkylation sites (tertiary alicyclic amines) is 1. The summed E-state index contributed by atoms with van der Waals surface area (Å²) < 4.78 is 13.1. The maximum absolute atomic E-state index is 13.1. The maximum atomic E-state index is 13.1. The molecule has 2 saturated heterocycles. The third-order valence-electron chi connectivity index (χ3n) is 5.84. The number of amides is 1. The van der Waals surface area contributed by atoms with E-state index in [1.807, 2.05) is 35.2 Å². The Morgan fingerprint density at radius 3 is 2.54 bits per heavy atom. The van der Waals surface area contributed by atoms with E-state index in [9.17, 15) is 9.18 Å². The van der Waals surface area contributed by atoms with E-state index < -0.39 is 0 Å². The molecule has 0 aliphatic carbocycles. The molecule has 0 atom stereocenters. The Bertz CT molecular complexity index is 987. The van der Waals surface area contributed by atoms with Crippen LogP contribution in [0.1, 0.15) is 10.4 Å². The van der Waals surface area contributed by atoms with Gasteiger partial charge in [0.15, 0.2) is 0 Å². The van der Waals surface area contributed by atoms with Crippen molar-refractivity contribution in [1.29, 1.82) is 0 Å². The first-order valence-corrected chi connectivity index (χ1v) is 9.64. The van der Waals surface area contributed by atoms with Crippen LogP contribution in [0.25, 0.3) is 11.0 Å². The van der Waals surface area contributed by atoms with Gasteiger partial charge in [-0.25, -0.2) is 9.37 Å². The van der Waals surface area contributed by atoms with Crippen LogP contribution in [0.3, 0.4) is 0 Å². The Hall–Kier alpha value is -2.93. The van der Waals surface area contributed by atoms with Gasteiger partial charge >= 0.3 is 0 Å². The maximum Gasteiger partial charge on any atom is 0.254 e. The van der Waals surface area contributed by atoms with Gasteiger partial charge in [-0.3, -0.25) is 9.69 Å². The third kappa shape index (κ3) is 3.11. The minimum absolute atomic E-state index is 0.0812. The van der Waals surface area contributed by atoms with Gasteiger partial charge < -0.3 is 14.8 Å². The Balaban J connectivity index is 1.15. The lowest BCUT2D eigenvalue weighted by Gasteiger charge is -2.48. The molecule has 3 heterocycles. The number of imidazole rings is 1. The molecular weight excluding hydrogens is 357 g/mol. The van der Waals surface area contributed by atoms with Crippen molar-refractivity contribution in [1.82, 2.24) is 19.8 Å². The first-order chi connectivity index (χ1) is 13.7. The molecule has 1 amide bonds. The highest BCUT2D eigenvalue weighted by Crippen LogP contribution is 2.23. The van der Waals surface area contributed by atoms with E-state index in [1.165, 1.54) is 12.1 Å². The molecule has 0 unspecified atom stereocenters. The Morgan fingerprint density at radius 1 is 1.04 bits per heavy atom. The SMILES string of the molecule is O=C(c1ccc2nc[nH]c2c1)N1CC(N2CCN(c3ccc(F)cc3)CC2)C1. The fraction of sp³-hybridized carbons (Fsp3) is 0.333. The number of hydrogen-bond acceptors (Lipinski definition) is 4. The lowest BCUT2D eigenvalue weighted by Crippen LogP contribution is -2.64. The van der Waals surface area contributed by atoms with Gasteiger partial charge in [0.25, 0.3) is 5.91 Å². The van der Waals surface area contributed by atoms with E-state index >= 15 is 0 Å². The molecule has 2 aliphatic heterocycles. The van der Waals surface area contributed by atoms with Crippen LogP contribution in [0.2, 0.25) is 0 Å². The summed E-state index contributed by atoms with van der Waals surface area (Å²) in [7, 11) is 0. The number of carbonyl (C=O) groups is 1. The summed E-state index contributed by atoms with van der Waals surface area (Å²) in [6.45, 7) is 5.32. The van der Waals surface area contributed by atoms with Gasteiger partial charge in [-0.2, -0.15) is 0 Å². The van der Waals surface area contributed by atoms with Crippen LogP contribution < -0.4 is 4.90 Å². The van der Waals surface area contributed by atoms with Gasteiger partial charge in [-0.15, -0.1) is 0 Å². The molecule has 1 aromatic heterocycles. The van der Waals surface area contributed by atoms with E-state index in [2.05, 4.69) is 19.8 Å². The van der Waals surface area contributed by atoms with Gasteiger partial charge in [0.2, 0.25) is 0 Å². The van der Waals surface area contributed by atoms with Crippen LogP contribution in [-0.2, 0) is 0 Å². The molecule has 0 spiro atoms. The predicted molar refractivity (Wildman–Crippen MR) is 106 cm³/mol. The van der Waals surface area contributed by atoms with E-state index in [-0.39, 0.29) is 11.7 Å². The number of aromatic nitrogens is 2. The van der Waals surface area contributed by atoms with Crippen LogP contribution in [0.15, 0.2) is 48.8 Å². The quantitative estimate of drug-likeness (QED) is 0.759. The fourth-order valence-corrected chi connectivity index (χ4v) is 4.10. The van der Waals surface area contributed by atoms with Crippen LogP contribution in [0, 0.1) is 5.82 Å². The van der Waals surface area contributed by atoms with E-state index in [1.54, 1.807) is 6.33 Å². The van der Waals surface area contributed by atoms with Crippen LogP contribution in [0.5, 0.6) is 0 Å². The minimum Gasteiger partial charge on any atom is -0.369 e. The molecule has 0 bridgehead atoms. The molecule has 28 heavy (non-hydrogen) atoms. The number of nitrogens with zero attached hydrogens (tertiary/aromatic N) is 4.